The highest BCUT2D eigenvalue weighted by Crippen LogP contribution is 2.17. The van der Waals surface area contributed by atoms with Gasteiger partial charge in [-0.2, -0.15) is 4.31 Å². The van der Waals surface area contributed by atoms with Crippen LogP contribution in [-0.4, -0.2) is 56.2 Å². The fourth-order valence-electron chi connectivity index (χ4n) is 3.18. The van der Waals surface area contributed by atoms with Crippen molar-refractivity contribution in [1.29, 1.82) is 0 Å². The summed E-state index contributed by atoms with van der Waals surface area (Å²) < 4.78 is 31.9. The molecule has 0 fully saturated rings. The maximum atomic E-state index is 12.8. The van der Waals surface area contributed by atoms with Gasteiger partial charge in [-0.25, -0.2) is 13.2 Å². The van der Waals surface area contributed by atoms with E-state index < -0.39 is 40.5 Å². The van der Waals surface area contributed by atoms with Gasteiger partial charge in [0.15, 0.2) is 6.61 Å². The van der Waals surface area contributed by atoms with E-state index in [0.717, 1.165) is 0 Å². The quantitative estimate of drug-likeness (QED) is 0.468. The Morgan fingerprint density at radius 1 is 0.971 bits per heavy atom. The van der Waals surface area contributed by atoms with Gasteiger partial charge in [-0.15, -0.1) is 0 Å². The van der Waals surface area contributed by atoms with Gasteiger partial charge in [-0.05, 0) is 36.2 Å². The largest absolute Gasteiger partial charge is 0.454 e. The lowest BCUT2D eigenvalue weighted by atomic mass is 10.0. The van der Waals surface area contributed by atoms with Crippen LogP contribution in [0.15, 0.2) is 59.5 Å². The molecule has 0 spiro atoms. The van der Waals surface area contributed by atoms with Crippen molar-refractivity contribution in [3.8, 4) is 0 Å². The Kier molecular flexibility index (Phi) is 9.76. The van der Waals surface area contributed by atoms with Gasteiger partial charge in [-0.3, -0.25) is 9.59 Å². The zero-order chi connectivity index (χ0) is 25.3. The van der Waals surface area contributed by atoms with Crippen LogP contribution in [0.1, 0.15) is 38.1 Å². The molecule has 9 nitrogen and oxygen atoms in total. The second kappa shape index (κ2) is 12.3. The highest BCUT2D eigenvalue weighted by Gasteiger charge is 2.28. The zero-order valence-electron chi connectivity index (χ0n) is 19.8. The normalized spacial score (nSPS) is 12.3. The molecule has 0 saturated carbocycles. The minimum atomic E-state index is -3.75. The minimum absolute atomic E-state index is 0.00916. The summed E-state index contributed by atoms with van der Waals surface area (Å²) in [5, 5.41) is 5.19. The topological polar surface area (TPSA) is 122 Å². The molecular formula is C24H31N3O6S. The van der Waals surface area contributed by atoms with Gasteiger partial charge in [-0.1, -0.05) is 52.0 Å². The maximum Gasteiger partial charge on any atom is 0.329 e. The molecule has 0 radical (unpaired) electrons. The molecule has 0 aliphatic rings. The van der Waals surface area contributed by atoms with E-state index in [9.17, 15) is 22.8 Å². The fourth-order valence-corrected chi connectivity index (χ4v) is 4.68. The number of rotatable bonds is 11. The van der Waals surface area contributed by atoms with Gasteiger partial charge in [0, 0.05) is 24.3 Å². The van der Waals surface area contributed by atoms with Gasteiger partial charge < -0.3 is 15.4 Å². The van der Waals surface area contributed by atoms with E-state index in [1.807, 2.05) is 0 Å². The molecule has 2 N–H and O–H groups in total. The molecule has 0 unspecified atom stereocenters. The van der Waals surface area contributed by atoms with Crippen LogP contribution < -0.4 is 10.6 Å². The number of sulfonamides is 1. The summed E-state index contributed by atoms with van der Waals surface area (Å²) in [7, 11) is -3.75. The van der Waals surface area contributed by atoms with Gasteiger partial charge in [0.2, 0.25) is 10.0 Å². The van der Waals surface area contributed by atoms with Gasteiger partial charge in [0.05, 0.1) is 4.90 Å². The van der Waals surface area contributed by atoms with Crippen LogP contribution in [0.3, 0.4) is 0 Å². The average molecular weight is 490 g/mol. The van der Waals surface area contributed by atoms with Crippen LogP contribution in [0.25, 0.3) is 0 Å². The van der Waals surface area contributed by atoms with E-state index in [1.165, 1.54) is 28.6 Å². The van der Waals surface area contributed by atoms with E-state index >= 15 is 0 Å². The summed E-state index contributed by atoms with van der Waals surface area (Å²) in [6, 6.07) is 13.3. The minimum Gasteiger partial charge on any atom is -0.454 e. The second-order valence-corrected chi connectivity index (χ2v) is 9.77. The van der Waals surface area contributed by atoms with Crippen LogP contribution in [0.2, 0.25) is 0 Å². The van der Waals surface area contributed by atoms with Crippen LogP contribution in [-0.2, 0) is 24.3 Å². The van der Waals surface area contributed by atoms with Crippen LogP contribution >= 0.6 is 0 Å². The smallest absolute Gasteiger partial charge is 0.329 e. The predicted octanol–water partition coefficient (Wildman–Crippen LogP) is 2.65. The molecule has 0 heterocycles. The third kappa shape index (κ3) is 7.13. The predicted molar refractivity (Wildman–Crippen MR) is 129 cm³/mol. The number of anilines is 1. The first kappa shape index (κ1) is 27.0. The van der Waals surface area contributed by atoms with E-state index in [-0.39, 0.29) is 16.4 Å². The number of carbonyl (C=O) groups excluding carboxylic acids is 3. The number of esters is 1. The number of amides is 2. The van der Waals surface area contributed by atoms with Crippen molar-refractivity contribution in [3.63, 3.8) is 0 Å². The SMILES string of the molecule is CCN(CC)S(=O)(=O)c1cccc(C(=O)N[C@@H](C(=O)OCC(=O)Nc2ccccc2)C(C)C)c1. The molecule has 1 atom stereocenters. The Labute approximate surface area is 200 Å². The van der Waals surface area contributed by atoms with Gasteiger partial charge >= 0.3 is 5.97 Å². The number of hydrogen-bond acceptors (Lipinski definition) is 6. The first-order valence-electron chi connectivity index (χ1n) is 11.0. The van der Waals surface area contributed by atoms with Crippen molar-refractivity contribution in [2.24, 2.45) is 5.92 Å². The first-order chi connectivity index (χ1) is 16.1. The third-order valence-electron chi connectivity index (χ3n) is 5.05. The van der Waals surface area contributed by atoms with Crippen molar-refractivity contribution in [1.82, 2.24) is 9.62 Å². The first-order valence-corrected chi connectivity index (χ1v) is 12.5. The summed E-state index contributed by atoms with van der Waals surface area (Å²) >= 11 is 0. The second-order valence-electron chi connectivity index (χ2n) is 7.83. The number of benzene rings is 2. The molecule has 2 amide bonds. The summed E-state index contributed by atoms with van der Waals surface area (Å²) in [4.78, 5) is 37.5. The van der Waals surface area contributed by atoms with Crippen LogP contribution in [0.5, 0.6) is 0 Å². The number of ether oxygens (including phenoxy) is 1. The molecule has 2 aromatic rings. The Bertz CT molecular complexity index is 1100. The van der Waals surface area contributed by atoms with Gasteiger partial charge in [0.1, 0.15) is 6.04 Å². The lowest BCUT2D eigenvalue weighted by Gasteiger charge is -2.21. The molecule has 0 aliphatic heterocycles. The Morgan fingerprint density at radius 2 is 1.62 bits per heavy atom. The Hall–Kier alpha value is -3.24. The lowest BCUT2D eigenvalue weighted by Crippen LogP contribution is -2.46. The number of nitrogens with zero attached hydrogens (tertiary/aromatic N) is 1. The van der Waals surface area contributed by atoms with Crippen LogP contribution in [0.4, 0.5) is 5.69 Å². The molecular weight excluding hydrogens is 458 g/mol. The highest BCUT2D eigenvalue weighted by molar-refractivity contribution is 7.89. The summed E-state index contributed by atoms with van der Waals surface area (Å²) in [5.74, 6) is -2.24. The van der Waals surface area contributed by atoms with Crippen molar-refractivity contribution < 1.29 is 27.5 Å². The average Bonchev–Trinajstić information content (AvgIpc) is 2.82. The molecule has 0 bridgehead atoms. The summed E-state index contributed by atoms with van der Waals surface area (Å²) in [5.41, 5.74) is 0.658. The number of nitrogens with one attached hydrogen (secondary N) is 2. The van der Waals surface area contributed by atoms with E-state index in [2.05, 4.69) is 10.6 Å². The van der Waals surface area contributed by atoms with Gasteiger partial charge in [0.25, 0.3) is 11.8 Å². The Morgan fingerprint density at radius 3 is 2.21 bits per heavy atom. The van der Waals surface area contributed by atoms with E-state index in [4.69, 9.17) is 4.74 Å². The number of hydrogen-bond donors (Lipinski definition) is 2. The maximum absolute atomic E-state index is 12.8. The van der Waals surface area contributed by atoms with E-state index in [1.54, 1.807) is 58.0 Å². The van der Waals surface area contributed by atoms with Crippen molar-refractivity contribution in [3.05, 3.63) is 60.2 Å². The van der Waals surface area contributed by atoms with Crippen molar-refractivity contribution in [2.45, 2.75) is 38.6 Å². The number of carbonyl (C=O) groups is 3. The highest BCUT2D eigenvalue weighted by atomic mass is 32.2. The van der Waals surface area contributed by atoms with Crippen molar-refractivity contribution >= 4 is 33.5 Å². The monoisotopic (exact) mass is 489 g/mol. The zero-order valence-corrected chi connectivity index (χ0v) is 20.6. The molecule has 34 heavy (non-hydrogen) atoms. The molecule has 0 aliphatic carbocycles. The molecule has 184 valence electrons. The fraction of sp³-hybridized carbons (Fsp3) is 0.375. The van der Waals surface area contributed by atoms with E-state index in [0.29, 0.717) is 18.8 Å². The molecule has 10 heteroatoms. The Balaban J connectivity index is 2.07. The number of para-hydroxylation sites is 1. The molecule has 2 rings (SSSR count). The molecule has 2 aromatic carbocycles. The van der Waals surface area contributed by atoms with Crippen LogP contribution in [0, 0.1) is 5.92 Å². The summed E-state index contributed by atoms with van der Waals surface area (Å²) in [6.45, 7) is 7.00. The third-order valence-corrected chi connectivity index (χ3v) is 7.10. The summed E-state index contributed by atoms with van der Waals surface area (Å²) in [6.07, 6.45) is 0. The standard InChI is InChI=1S/C24H31N3O6S/c1-5-27(6-2)34(31,32)20-14-10-11-18(15-20)23(29)26-22(17(3)4)24(30)33-16-21(28)25-19-12-8-7-9-13-19/h7-15,17,22H,5-6,16H2,1-4H3,(H,25,28)(H,26,29)/t22-/m1/s1. The molecule has 0 saturated heterocycles. The molecule has 0 aromatic heterocycles. The van der Waals surface area contributed by atoms with Crippen molar-refractivity contribution in [2.75, 3.05) is 25.0 Å². The lowest BCUT2D eigenvalue weighted by molar-refractivity contribution is -0.150.